The van der Waals surface area contributed by atoms with Gasteiger partial charge in [-0.15, -0.1) is 0 Å². The number of hydrogen-bond donors (Lipinski definition) is 2. The van der Waals surface area contributed by atoms with Gasteiger partial charge >= 0.3 is 0 Å². The van der Waals surface area contributed by atoms with Crippen LogP contribution in [0.3, 0.4) is 0 Å². The molecule has 136 valence electrons. The van der Waals surface area contributed by atoms with E-state index >= 15 is 0 Å². The molecule has 1 aromatic heterocycles. The molecular formula is C18H20N4O3S. The van der Waals surface area contributed by atoms with Gasteiger partial charge in [0.05, 0.1) is 6.54 Å². The predicted molar refractivity (Wildman–Crippen MR) is 97.1 cm³/mol. The molecule has 1 aromatic carbocycles. The number of benzene rings is 1. The Hall–Kier alpha value is -2.71. The van der Waals surface area contributed by atoms with Crippen LogP contribution in [0.4, 0.5) is 0 Å². The molecule has 0 saturated carbocycles. The number of hydrogen-bond acceptors (Lipinski definition) is 5. The molecule has 0 bridgehead atoms. The highest BCUT2D eigenvalue weighted by molar-refractivity contribution is 7.89. The quantitative estimate of drug-likeness (QED) is 0.815. The van der Waals surface area contributed by atoms with Crippen LogP contribution < -0.4 is 11.1 Å². The number of sulfonamides is 1. The fourth-order valence-electron chi connectivity index (χ4n) is 2.76. The van der Waals surface area contributed by atoms with Gasteiger partial charge in [0, 0.05) is 36.8 Å². The molecular weight excluding hydrogens is 352 g/mol. The van der Waals surface area contributed by atoms with Crippen molar-refractivity contribution in [2.45, 2.75) is 17.9 Å². The van der Waals surface area contributed by atoms with E-state index in [0.29, 0.717) is 12.1 Å². The summed E-state index contributed by atoms with van der Waals surface area (Å²) in [6, 6.07) is 12.6. The standard InChI is InChI=1S/C18H20N4O3S/c19-17-13-22(26(24,25)15-7-4-9-20-12-15)10-8-16(17)18(23)21-11-14-5-2-1-3-6-14/h1-7,9,12H,8,10-11,13,19H2,(H,21,23). The zero-order chi connectivity index (χ0) is 18.6. The molecule has 3 rings (SSSR count). The van der Waals surface area contributed by atoms with Crippen molar-refractivity contribution in [1.82, 2.24) is 14.6 Å². The number of amides is 1. The molecule has 0 radical (unpaired) electrons. The first-order valence-electron chi connectivity index (χ1n) is 8.18. The van der Waals surface area contributed by atoms with E-state index in [0.717, 1.165) is 5.56 Å². The van der Waals surface area contributed by atoms with Crippen LogP contribution in [0.1, 0.15) is 12.0 Å². The Labute approximate surface area is 152 Å². The molecule has 0 aliphatic carbocycles. The lowest BCUT2D eigenvalue weighted by Gasteiger charge is -2.28. The first-order valence-corrected chi connectivity index (χ1v) is 9.62. The van der Waals surface area contributed by atoms with Crippen LogP contribution in [0.5, 0.6) is 0 Å². The Morgan fingerprint density at radius 1 is 1.19 bits per heavy atom. The van der Waals surface area contributed by atoms with Crippen molar-refractivity contribution in [1.29, 1.82) is 0 Å². The highest BCUT2D eigenvalue weighted by atomic mass is 32.2. The summed E-state index contributed by atoms with van der Waals surface area (Å²) in [7, 11) is -3.67. The molecule has 3 N–H and O–H groups in total. The Kier molecular flexibility index (Phi) is 5.34. The van der Waals surface area contributed by atoms with Crippen LogP contribution in [0.25, 0.3) is 0 Å². The first kappa shape index (κ1) is 18.1. The smallest absolute Gasteiger partial charge is 0.249 e. The SMILES string of the molecule is NC1=C(C(=O)NCc2ccccc2)CCN(S(=O)(=O)c2cccnc2)C1. The summed E-state index contributed by atoms with van der Waals surface area (Å²) in [6.45, 7) is 0.589. The lowest BCUT2D eigenvalue weighted by atomic mass is 10.1. The minimum Gasteiger partial charge on any atom is -0.401 e. The summed E-state index contributed by atoms with van der Waals surface area (Å²) >= 11 is 0. The van der Waals surface area contributed by atoms with E-state index in [1.54, 1.807) is 6.07 Å². The van der Waals surface area contributed by atoms with Gasteiger partial charge in [-0.3, -0.25) is 9.78 Å². The van der Waals surface area contributed by atoms with Crippen LogP contribution in [0.15, 0.2) is 71.0 Å². The van der Waals surface area contributed by atoms with Crippen molar-refractivity contribution in [3.63, 3.8) is 0 Å². The van der Waals surface area contributed by atoms with E-state index in [1.165, 1.54) is 22.8 Å². The van der Waals surface area contributed by atoms with E-state index in [-0.39, 0.29) is 36.0 Å². The normalized spacial score (nSPS) is 15.7. The van der Waals surface area contributed by atoms with Crippen molar-refractivity contribution in [2.24, 2.45) is 5.73 Å². The Morgan fingerprint density at radius 2 is 1.96 bits per heavy atom. The average molecular weight is 372 g/mol. The zero-order valence-electron chi connectivity index (χ0n) is 14.1. The van der Waals surface area contributed by atoms with Crippen molar-refractivity contribution < 1.29 is 13.2 Å². The summed E-state index contributed by atoms with van der Waals surface area (Å²) < 4.78 is 26.5. The Bertz CT molecular complexity index is 912. The number of nitrogens with two attached hydrogens (primary N) is 1. The zero-order valence-corrected chi connectivity index (χ0v) is 14.9. The third-order valence-corrected chi connectivity index (χ3v) is 6.02. The van der Waals surface area contributed by atoms with Crippen molar-refractivity contribution in [3.05, 3.63) is 71.7 Å². The van der Waals surface area contributed by atoms with Crippen LogP contribution >= 0.6 is 0 Å². The van der Waals surface area contributed by atoms with Gasteiger partial charge in [-0.2, -0.15) is 4.31 Å². The van der Waals surface area contributed by atoms with Crippen molar-refractivity contribution >= 4 is 15.9 Å². The van der Waals surface area contributed by atoms with Gasteiger partial charge in [-0.05, 0) is 24.1 Å². The summed E-state index contributed by atoms with van der Waals surface area (Å²) in [5.74, 6) is -0.259. The van der Waals surface area contributed by atoms with Gasteiger partial charge in [0.1, 0.15) is 4.90 Å². The number of carbonyl (C=O) groups is 1. The third-order valence-electron chi connectivity index (χ3n) is 4.19. The maximum atomic E-state index is 12.6. The molecule has 0 unspecified atom stereocenters. The highest BCUT2D eigenvalue weighted by Crippen LogP contribution is 2.22. The van der Waals surface area contributed by atoms with Crippen LogP contribution in [-0.4, -0.2) is 36.7 Å². The van der Waals surface area contributed by atoms with Crippen LogP contribution in [0.2, 0.25) is 0 Å². The summed E-state index contributed by atoms with van der Waals surface area (Å²) in [5.41, 5.74) is 7.71. The number of pyridine rings is 1. The van der Waals surface area contributed by atoms with Crippen LogP contribution in [0, 0.1) is 0 Å². The summed E-state index contributed by atoms with van der Waals surface area (Å²) in [4.78, 5) is 16.3. The third kappa shape index (κ3) is 3.92. The number of nitrogens with one attached hydrogen (secondary N) is 1. The Balaban J connectivity index is 1.68. The predicted octanol–water partition coefficient (Wildman–Crippen LogP) is 1.01. The topological polar surface area (TPSA) is 105 Å². The monoisotopic (exact) mass is 372 g/mol. The molecule has 2 heterocycles. The maximum absolute atomic E-state index is 12.6. The lowest BCUT2D eigenvalue weighted by molar-refractivity contribution is -0.118. The van der Waals surface area contributed by atoms with Crippen LogP contribution in [-0.2, 0) is 21.4 Å². The van der Waals surface area contributed by atoms with E-state index < -0.39 is 10.0 Å². The van der Waals surface area contributed by atoms with E-state index in [9.17, 15) is 13.2 Å². The number of nitrogens with zero attached hydrogens (tertiary/aromatic N) is 2. The summed E-state index contributed by atoms with van der Waals surface area (Å²) in [5, 5.41) is 2.83. The second kappa shape index (κ2) is 7.67. The van der Waals surface area contributed by atoms with E-state index in [1.807, 2.05) is 30.3 Å². The molecule has 2 aromatic rings. The highest BCUT2D eigenvalue weighted by Gasteiger charge is 2.30. The minimum atomic E-state index is -3.67. The molecule has 0 spiro atoms. The molecule has 26 heavy (non-hydrogen) atoms. The molecule has 8 heteroatoms. The van der Waals surface area contributed by atoms with Gasteiger partial charge in [-0.1, -0.05) is 30.3 Å². The number of rotatable bonds is 5. The second-order valence-electron chi connectivity index (χ2n) is 5.95. The largest absolute Gasteiger partial charge is 0.401 e. The number of carbonyl (C=O) groups excluding carboxylic acids is 1. The fraction of sp³-hybridized carbons (Fsp3) is 0.222. The molecule has 1 amide bonds. The minimum absolute atomic E-state index is 0.00861. The van der Waals surface area contributed by atoms with Gasteiger partial charge in [-0.25, -0.2) is 8.42 Å². The Morgan fingerprint density at radius 3 is 2.62 bits per heavy atom. The van der Waals surface area contributed by atoms with Gasteiger partial charge in [0.2, 0.25) is 15.9 Å². The molecule has 0 atom stereocenters. The average Bonchev–Trinajstić information content (AvgIpc) is 2.67. The van der Waals surface area contributed by atoms with Gasteiger partial charge in [0.15, 0.2) is 0 Å². The van der Waals surface area contributed by atoms with Crippen molar-refractivity contribution in [2.75, 3.05) is 13.1 Å². The molecule has 0 saturated heterocycles. The van der Waals surface area contributed by atoms with E-state index in [4.69, 9.17) is 5.73 Å². The lowest BCUT2D eigenvalue weighted by Crippen LogP contribution is -2.41. The number of aromatic nitrogens is 1. The fourth-order valence-corrected chi connectivity index (χ4v) is 4.14. The maximum Gasteiger partial charge on any atom is 0.249 e. The second-order valence-corrected chi connectivity index (χ2v) is 7.89. The summed E-state index contributed by atoms with van der Waals surface area (Å²) in [6.07, 6.45) is 3.09. The molecule has 0 fully saturated rings. The molecule has 1 aliphatic rings. The van der Waals surface area contributed by atoms with E-state index in [2.05, 4.69) is 10.3 Å². The van der Waals surface area contributed by atoms with Crippen molar-refractivity contribution in [3.8, 4) is 0 Å². The first-order chi connectivity index (χ1) is 12.5. The van der Waals surface area contributed by atoms with Gasteiger partial charge < -0.3 is 11.1 Å². The van der Waals surface area contributed by atoms with Gasteiger partial charge in [0.25, 0.3) is 0 Å². The molecule has 7 nitrogen and oxygen atoms in total. The molecule has 1 aliphatic heterocycles.